The Morgan fingerprint density at radius 1 is 1.26 bits per heavy atom. The summed E-state index contributed by atoms with van der Waals surface area (Å²) in [5, 5.41) is 9.29. The molecule has 1 spiro atoms. The summed E-state index contributed by atoms with van der Waals surface area (Å²) < 4.78 is 5.00. The lowest BCUT2D eigenvalue weighted by atomic mass is 9.71. The number of esters is 1. The number of unbranched alkanes of at least 4 members (excludes halogenated alkanes) is 3. The first kappa shape index (κ1) is 26.8. The summed E-state index contributed by atoms with van der Waals surface area (Å²) in [6.07, 6.45) is 9.62. The van der Waals surface area contributed by atoms with Crippen molar-refractivity contribution in [3.63, 3.8) is 0 Å². The smallest absolute Gasteiger partial charge is 0.310 e. The Morgan fingerprint density at radius 2 is 2.06 bits per heavy atom. The molecule has 0 aromatic carbocycles. The SMILES string of the molecule is C=CCCCOC(=O)[C@@H]1[C@@H]2CCC3(S2)C(C(=O)N(CC=C)CCCC)N(CCCCO)C(=O)[C@H]13. The summed E-state index contributed by atoms with van der Waals surface area (Å²) >= 11 is 1.67. The van der Waals surface area contributed by atoms with E-state index >= 15 is 0 Å². The van der Waals surface area contributed by atoms with Gasteiger partial charge in [-0.1, -0.05) is 25.5 Å². The molecule has 3 saturated heterocycles. The summed E-state index contributed by atoms with van der Waals surface area (Å²) in [5.41, 5.74) is 0. The van der Waals surface area contributed by atoms with E-state index in [2.05, 4.69) is 20.1 Å². The van der Waals surface area contributed by atoms with Gasteiger partial charge in [-0.3, -0.25) is 14.4 Å². The van der Waals surface area contributed by atoms with Gasteiger partial charge >= 0.3 is 5.97 Å². The number of amides is 2. The first-order valence-electron chi connectivity index (χ1n) is 12.7. The first-order valence-corrected chi connectivity index (χ1v) is 13.6. The fourth-order valence-corrected chi connectivity index (χ4v) is 8.00. The van der Waals surface area contributed by atoms with Crippen LogP contribution in [0.2, 0.25) is 0 Å². The summed E-state index contributed by atoms with van der Waals surface area (Å²) in [6.45, 7) is 11.5. The van der Waals surface area contributed by atoms with Crippen LogP contribution >= 0.6 is 11.8 Å². The first-order chi connectivity index (χ1) is 16.5. The predicted molar refractivity (Wildman–Crippen MR) is 134 cm³/mol. The Morgan fingerprint density at radius 3 is 2.74 bits per heavy atom. The minimum absolute atomic E-state index is 0.0132. The molecule has 8 heteroatoms. The van der Waals surface area contributed by atoms with E-state index in [4.69, 9.17) is 4.74 Å². The van der Waals surface area contributed by atoms with E-state index in [0.29, 0.717) is 45.5 Å². The Bertz CT molecular complexity index is 774. The van der Waals surface area contributed by atoms with Crippen molar-refractivity contribution in [3.8, 4) is 0 Å². The largest absolute Gasteiger partial charge is 0.465 e. The summed E-state index contributed by atoms with van der Waals surface area (Å²) in [5.74, 6) is -1.48. The van der Waals surface area contributed by atoms with Gasteiger partial charge in [-0.15, -0.1) is 24.9 Å². The molecule has 3 aliphatic heterocycles. The molecule has 0 saturated carbocycles. The second-order valence-electron chi connectivity index (χ2n) is 9.54. The number of rotatable bonds is 15. The summed E-state index contributed by atoms with van der Waals surface area (Å²) in [6, 6.07) is -0.589. The Kier molecular flexibility index (Phi) is 9.65. The Labute approximate surface area is 208 Å². The van der Waals surface area contributed by atoms with Crippen molar-refractivity contribution in [2.75, 3.05) is 32.8 Å². The van der Waals surface area contributed by atoms with E-state index in [1.807, 2.05) is 4.90 Å². The predicted octanol–water partition coefficient (Wildman–Crippen LogP) is 3.17. The summed E-state index contributed by atoms with van der Waals surface area (Å²) in [7, 11) is 0. The van der Waals surface area contributed by atoms with Crippen molar-refractivity contribution in [2.24, 2.45) is 11.8 Å². The maximum absolute atomic E-state index is 14.0. The highest BCUT2D eigenvalue weighted by Gasteiger charge is 2.74. The van der Waals surface area contributed by atoms with Crippen LogP contribution in [0.3, 0.4) is 0 Å². The third kappa shape index (κ3) is 5.08. The Balaban J connectivity index is 1.89. The number of thioether (sulfide) groups is 1. The number of hydrogen-bond acceptors (Lipinski definition) is 6. The third-order valence-corrected chi connectivity index (χ3v) is 9.30. The van der Waals surface area contributed by atoms with Crippen LogP contribution in [-0.2, 0) is 19.1 Å². The van der Waals surface area contributed by atoms with Crippen molar-refractivity contribution in [2.45, 2.75) is 74.3 Å². The lowest BCUT2D eigenvalue weighted by Crippen LogP contribution is -2.55. The molecular weight excluding hydrogens is 452 g/mol. The Hall–Kier alpha value is -1.80. The molecule has 0 aromatic heterocycles. The van der Waals surface area contributed by atoms with Gasteiger partial charge < -0.3 is 19.6 Å². The molecule has 2 bridgehead atoms. The third-order valence-electron chi connectivity index (χ3n) is 7.35. The maximum atomic E-state index is 14.0. The normalized spacial score (nSPS) is 29.2. The number of carbonyl (C=O) groups is 3. The van der Waals surface area contributed by atoms with E-state index in [9.17, 15) is 19.5 Å². The van der Waals surface area contributed by atoms with Crippen molar-refractivity contribution < 1.29 is 24.2 Å². The molecule has 2 amide bonds. The van der Waals surface area contributed by atoms with E-state index in [1.54, 1.807) is 28.8 Å². The molecule has 34 heavy (non-hydrogen) atoms. The van der Waals surface area contributed by atoms with Crippen LogP contribution in [0.1, 0.15) is 58.3 Å². The van der Waals surface area contributed by atoms with E-state index in [0.717, 1.165) is 32.1 Å². The number of aliphatic hydroxyl groups excluding tert-OH is 1. The zero-order valence-electron chi connectivity index (χ0n) is 20.5. The van der Waals surface area contributed by atoms with Gasteiger partial charge in [-0.05, 0) is 44.9 Å². The standard InChI is InChI=1S/C26H40N2O5S/c1-4-7-11-18-33-25(32)20-19-12-13-26(34-19)21(20)23(30)28(16-9-10-17-29)22(26)24(31)27(14-6-3)15-8-5-2/h4,6,19-22,29H,1,3,5,7-18H2,2H3/t19-,20+,21-,22?,26?/m0/s1. The van der Waals surface area contributed by atoms with Gasteiger partial charge in [0.25, 0.3) is 0 Å². The van der Waals surface area contributed by atoms with Crippen molar-refractivity contribution in [1.82, 2.24) is 9.80 Å². The van der Waals surface area contributed by atoms with Gasteiger partial charge in [0.05, 0.1) is 23.2 Å². The number of hydrogen-bond donors (Lipinski definition) is 1. The second-order valence-corrected chi connectivity index (χ2v) is 11.1. The highest BCUT2D eigenvalue weighted by molar-refractivity contribution is 8.02. The van der Waals surface area contributed by atoms with Crippen LogP contribution in [0.25, 0.3) is 0 Å². The molecule has 5 atom stereocenters. The molecule has 0 aromatic rings. The highest BCUT2D eigenvalue weighted by Crippen LogP contribution is 2.66. The molecule has 3 aliphatic rings. The maximum Gasteiger partial charge on any atom is 0.310 e. The van der Waals surface area contributed by atoms with Gasteiger partial charge in [0.2, 0.25) is 11.8 Å². The van der Waals surface area contributed by atoms with Crippen molar-refractivity contribution >= 4 is 29.5 Å². The van der Waals surface area contributed by atoms with Crippen LogP contribution < -0.4 is 0 Å². The number of allylic oxidation sites excluding steroid dienone is 1. The van der Waals surface area contributed by atoms with E-state index in [-0.39, 0.29) is 29.6 Å². The molecule has 3 rings (SSSR count). The van der Waals surface area contributed by atoms with Gasteiger partial charge in [0.15, 0.2) is 0 Å². The zero-order valence-corrected chi connectivity index (χ0v) is 21.3. The number of ether oxygens (including phenoxy) is 1. The second kappa shape index (κ2) is 12.2. The minimum atomic E-state index is -0.589. The number of carbonyl (C=O) groups excluding carboxylic acids is 3. The van der Waals surface area contributed by atoms with E-state index < -0.39 is 22.6 Å². The molecule has 3 heterocycles. The molecule has 0 radical (unpaired) electrons. The fourth-order valence-electron chi connectivity index (χ4n) is 5.80. The van der Waals surface area contributed by atoms with Crippen LogP contribution in [0.5, 0.6) is 0 Å². The highest BCUT2D eigenvalue weighted by atomic mass is 32.2. The number of fused-ring (bicyclic) bond motifs is 1. The van der Waals surface area contributed by atoms with Crippen molar-refractivity contribution in [1.29, 1.82) is 0 Å². The quantitative estimate of drug-likeness (QED) is 0.215. The molecule has 3 fully saturated rings. The van der Waals surface area contributed by atoms with Crippen LogP contribution in [0.15, 0.2) is 25.3 Å². The average Bonchev–Trinajstić information content (AvgIpc) is 3.47. The van der Waals surface area contributed by atoms with Crippen LogP contribution in [0.4, 0.5) is 0 Å². The minimum Gasteiger partial charge on any atom is -0.465 e. The van der Waals surface area contributed by atoms with Crippen LogP contribution in [-0.4, -0.2) is 81.6 Å². The number of nitrogens with zero attached hydrogens (tertiary/aromatic N) is 2. The van der Waals surface area contributed by atoms with Gasteiger partial charge in [-0.25, -0.2) is 0 Å². The molecule has 2 unspecified atom stereocenters. The molecule has 0 aliphatic carbocycles. The lowest BCUT2D eigenvalue weighted by molar-refractivity contribution is -0.154. The van der Waals surface area contributed by atoms with Crippen LogP contribution in [0, 0.1) is 11.8 Å². The lowest BCUT2D eigenvalue weighted by Gasteiger charge is -2.37. The molecule has 190 valence electrons. The van der Waals surface area contributed by atoms with E-state index in [1.165, 1.54) is 0 Å². The molecular formula is C26H40N2O5S. The number of aliphatic hydroxyl groups is 1. The van der Waals surface area contributed by atoms with Gasteiger partial charge in [0, 0.05) is 31.5 Å². The van der Waals surface area contributed by atoms with Gasteiger partial charge in [0.1, 0.15) is 6.04 Å². The average molecular weight is 493 g/mol. The topological polar surface area (TPSA) is 87.2 Å². The zero-order chi connectivity index (χ0) is 24.7. The summed E-state index contributed by atoms with van der Waals surface area (Å²) in [4.78, 5) is 44.4. The van der Waals surface area contributed by atoms with Gasteiger partial charge in [-0.2, -0.15) is 0 Å². The monoisotopic (exact) mass is 492 g/mol. The number of likely N-dealkylation sites (tertiary alicyclic amines) is 1. The molecule has 1 N–H and O–H groups in total. The fraction of sp³-hybridized carbons (Fsp3) is 0.731. The van der Waals surface area contributed by atoms with Crippen molar-refractivity contribution in [3.05, 3.63) is 25.3 Å². The molecule has 7 nitrogen and oxygen atoms in total.